The molecular weight excluding hydrogens is 340 g/mol. The Morgan fingerprint density at radius 3 is 2.57 bits per heavy atom. The van der Waals surface area contributed by atoms with Crippen LogP contribution >= 0.6 is 15.9 Å². The summed E-state index contributed by atoms with van der Waals surface area (Å²) in [5.74, 6) is -0.0685. The van der Waals surface area contributed by atoms with Crippen molar-refractivity contribution in [1.29, 1.82) is 0 Å². The molecule has 0 unspecified atom stereocenters. The average Bonchev–Trinajstić information content (AvgIpc) is 2.84. The quantitative estimate of drug-likeness (QED) is 0.884. The molecule has 0 atom stereocenters. The van der Waals surface area contributed by atoms with E-state index in [-0.39, 0.29) is 11.8 Å². The van der Waals surface area contributed by atoms with Gasteiger partial charge in [-0.2, -0.15) is 0 Å². The maximum Gasteiger partial charge on any atom is 0.260 e. The van der Waals surface area contributed by atoms with E-state index in [0.717, 1.165) is 0 Å². The van der Waals surface area contributed by atoms with E-state index >= 15 is 0 Å². The molecule has 6 nitrogen and oxygen atoms in total. The Morgan fingerprint density at radius 1 is 1.24 bits per heavy atom. The number of carbonyl (C=O) groups is 2. The predicted molar refractivity (Wildman–Crippen MR) is 81.7 cm³/mol. The molecule has 0 spiro atoms. The Balaban J connectivity index is 2.27. The van der Waals surface area contributed by atoms with E-state index in [1.807, 2.05) is 0 Å². The molecule has 0 saturated carbocycles. The van der Waals surface area contributed by atoms with Crippen LogP contribution in [0.5, 0.6) is 5.75 Å². The third kappa shape index (κ3) is 3.63. The highest BCUT2D eigenvalue weighted by atomic mass is 79.9. The number of furan rings is 1. The third-order valence-electron chi connectivity index (χ3n) is 2.63. The zero-order valence-corrected chi connectivity index (χ0v) is 13.0. The normalized spacial score (nSPS) is 10.0. The van der Waals surface area contributed by atoms with Crippen molar-refractivity contribution in [2.75, 3.05) is 17.7 Å². The van der Waals surface area contributed by atoms with E-state index in [0.29, 0.717) is 27.4 Å². The van der Waals surface area contributed by atoms with Crippen molar-refractivity contribution in [3.8, 4) is 5.75 Å². The summed E-state index contributed by atoms with van der Waals surface area (Å²) in [6.07, 6.45) is 1.41. The molecule has 0 aliphatic heterocycles. The fourth-order valence-corrected chi connectivity index (χ4v) is 2.15. The minimum absolute atomic E-state index is 0.199. The number of rotatable bonds is 4. The van der Waals surface area contributed by atoms with Crippen LogP contribution in [0.15, 0.2) is 39.6 Å². The minimum atomic E-state index is -0.353. The summed E-state index contributed by atoms with van der Waals surface area (Å²) in [5.41, 5.74) is 1.37. The van der Waals surface area contributed by atoms with Gasteiger partial charge in [0.1, 0.15) is 5.75 Å². The summed E-state index contributed by atoms with van der Waals surface area (Å²) >= 11 is 3.15. The summed E-state index contributed by atoms with van der Waals surface area (Å²) in [4.78, 5) is 23.2. The van der Waals surface area contributed by atoms with Crippen molar-refractivity contribution >= 4 is 39.1 Å². The lowest BCUT2D eigenvalue weighted by Crippen LogP contribution is -2.13. The van der Waals surface area contributed by atoms with Crippen LogP contribution in [0.4, 0.5) is 11.4 Å². The smallest absolute Gasteiger partial charge is 0.260 e. The molecule has 1 aromatic carbocycles. The highest BCUT2D eigenvalue weighted by molar-refractivity contribution is 9.10. The second-order valence-electron chi connectivity index (χ2n) is 4.16. The van der Waals surface area contributed by atoms with E-state index in [9.17, 15) is 9.59 Å². The van der Waals surface area contributed by atoms with E-state index in [2.05, 4.69) is 26.6 Å². The zero-order chi connectivity index (χ0) is 15.4. The van der Waals surface area contributed by atoms with Gasteiger partial charge in [-0.3, -0.25) is 9.59 Å². The van der Waals surface area contributed by atoms with Crippen LogP contribution in [-0.4, -0.2) is 18.9 Å². The molecule has 0 fully saturated rings. The highest BCUT2D eigenvalue weighted by Crippen LogP contribution is 2.29. The number of amides is 2. The summed E-state index contributed by atoms with van der Waals surface area (Å²) in [5, 5.41) is 5.36. The molecule has 21 heavy (non-hydrogen) atoms. The number of carbonyl (C=O) groups excluding carboxylic acids is 2. The summed E-state index contributed by atoms with van der Waals surface area (Å²) in [6.45, 7) is 1.41. The van der Waals surface area contributed by atoms with Crippen molar-refractivity contribution in [2.45, 2.75) is 6.92 Å². The SMILES string of the molecule is COc1ccc(NC(C)=O)cc1NC(=O)c1ccoc1Br. The molecule has 0 radical (unpaired) electrons. The Kier molecular flexibility index (Phi) is 4.64. The molecule has 2 aromatic rings. The van der Waals surface area contributed by atoms with E-state index in [4.69, 9.17) is 9.15 Å². The number of halogens is 1. The van der Waals surface area contributed by atoms with Crippen molar-refractivity contribution in [3.05, 3.63) is 40.8 Å². The van der Waals surface area contributed by atoms with Gasteiger partial charge in [0.05, 0.1) is 24.6 Å². The lowest BCUT2D eigenvalue weighted by atomic mass is 10.2. The number of anilines is 2. The van der Waals surface area contributed by atoms with Gasteiger partial charge in [-0.15, -0.1) is 0 Å². The minimum Gasteiger partial charge on any atom is -0.495 e. The Bertz CT molecular complexity index is 681. The fraction of sp³-hybridized carbons (Fsp3) is 0.143. The maximum absolute atomic E-state index is 12.2. The van der Waals surface area contributed by atoms with Crippen LogP contribution in [0, 0.1) is 0 Å². The summed E-state index contributed by atoms with van der Waals surface area (Å²) < 4.78 is 10.6. The number of methoxy groups -OCH3 is 1. The fourth-order valence-electron chi connectivity index (χ4n) is 1.73. The van der Waals surface area contributed by atoms with Gasteiger partial charge in [-0.1, -0.05) is 0 Å². The number of nitrogens with one attached hydrogen (secondary N) is 2. The lowest BCUT2D eigenvalue weighted by Gasteiger charge is -2.12. The standard InChI is InChI=1S/C14H13BrN2O4/c1-8(18)16-9-3-4-12(20-2)11(7-9)17-14(19)10-5-6-21-13(10)15/h3-7H,1-2H3,(H,16,18)(H,17,19). The molecule has 1 heterocycles. The molecule has 2 rings (SSSR count). The molecule has 0 aliphatic carbocycles. The largest absolute Gasteiger partial charge is 0.495 e. The van der Waals surface area contributed by atoms with Gasteiger partial charge < -0.3 is 19.8 Å². The molecule has 110 valence electrons. The zero-order valence-electron chi connectivity index (χ0n) is 11.4. The summed E-state index contributed by atoms with van der Waals surface area (Å²) in [7, 11) is 1.50. The molecule has 1 aromatic heterocycles. The number of hydrogen-bond acceptors (Lipinski definition) is 4. The van der Waals surface area contributed by atoms with Crippen molar-refractivity contribution in [1.82, 2.24) is 0 Å². The van der Waals surface area contributed by atoms with Gasteiger partial charge in [-0.05, 0) is 40.2 Å². The first-order valence-corrected chi connectivity index (χ1v) is 6.80. The monoisotopic (exact) mass is 352 g/mol. The molecule has 2 amide bonds. The molecule has 2 N–H and O–H groups in total. The van der Waals surface area contributed by atoms with Gasteiger partial charge in [0.15, 0.2) is 4.67 Å². The van der Waals surface area contributed by atoms with Gasteiger partial charge in [0.25, 0.3) is 5.91 Å². The Hall–Kier alpha value is -2.28. The van der Waals surface area contributed by atoms with Crippen LogP contribution in [0.2, 0.25) is 0 Å². The van der Waals surface area contributed by atoms with Crippen molar-refractivity contribution in [3.63, 3.8) is 0 Å². The van der Waals surface area contributed by atoms with Gasteiger partial charge in [0.2, 0.25) is 5.91 Å². The average molecular weight is 353 g/mol. The van der Waals surface area contributed by atoms with Gasteiger partial charge in [0, 0.05) is 12.6 Å². The number of ether oxygens (including phenoxy) is 1. The van der Waals surface area contributed by atoms with Crippen molar-refractivity contribution < 1.29 is 18.7 Å². The third-order valence-corrected chi connectivity index (χ3v) is 3.24. The van der Waals surface area contributed by atoms with Crippen LogP contribution in [0.25, 0.3) is 0 Å². The second kappa shape index (κ2) is 6.45. The maximum atomic E-state index is 12.2. The van der Waals surface area contributed by atoms with E-state index in [1.165, 1.54) is 20.3 Å². The van der Waals surface area contributed by atoms with Crippen LogP contribution in [-0.2, 0) is 4.79 Å². The molecule has 0 aliphatic rings. The van der Waals surface area contributed by atoms with Crippen LogP contribution in [0.1, 0.15) is 17.3 Å². The first-order valence-electron chi connectivity index (χ1n) is 6.01. The Morgan fingerprint density at radius 2 is 2.00 bits per heavy atom. The number of benzene rings is 1. The topological polar surface area (TPSA) is 80.6 Å². The first-order chi connectivity index (χ1) is 10.0. The van der Waals surface area contributed by atoms with Crippen molar-refractivity contribution in [2.24, 2.45) is 0 Å². The molecule has 7 heteroatoms. The molecule has 0 saturated heterocycles. The van der Waals surface area contributed by atoms with Crippen LogP contribution < -0.4 is 15.4 Å². The first kappa shape index (κ1) is 15.1. The Labute approximate surface area is 129 Å². The van der Waals surface area contributed by atoms with Gasteiger partial charge >= 0.3 is 0 Å². The highest BCUT2D eigenvalue weighted by Gasteiger charge is 2.15. The molecule has 0 bridgehead atoms. The number of hydrogen-bond donors (Lipinski definition) is 2. The second-order valence-corrected chi connectivity index (χ2v) is 4.88. The van der Waals surface area contributed by atoms with Gasteiger partial charge in [-0.25, -0.2) is 0 Å². The summed E-state index contributed by atoms with van der Waals surface area (Å²) in [6, 6.07) is 6.50. The van der Waals surface area contributed by atoms with E-state index < -0.39 is 0 Å². The van der Waals surface area contributed by atoms with E-state index in [1.54, 1.807) is 24.3 Å². The predicted octanol–water partition coefficient (Wildman–Crippen LogP) is 3.26. The van der Waals surface area contributed by atoms with Crippen LogP contribution in [0.3, 0.4) is 0 Å². The lowest BCUT2D eigenvalue weighted by molar-refractivity contribution is -0.114. The molecular formula is C14H13BrN2O4.